The minimum atomic E-state index is -0.183. The highest BCUT2D eigenvalue weighted by Crippen LogP contribution is 2.20. The molecule has 0 atom stereocenters. The number of nitrogens with zero attached hydrogens (tertiary/aromatic N) is 2. The average molecular weight is 342 g/mol. The lowest BCUT2D eigenvalue weighted by atomic mass is 10.1. The van der Waals surface area contributed by atoms with E-state index in [1.54, 1.807) is 18.2 Å². The Morgan fingerprint density at radius 3 is 2.36 bits per heavy atom. The van der Waals surface area contributed by atoms with Crippen LogP contribution in [0.25, 0.3) is 0 Å². The van der Waals surface area contributed by atoms with Crippen LogP contribution in [0, 0.1) is 20.8 Å². The predicted octanol–water partition coefficient (Wildman–Crippen LogP) is 3.22. The smallest absolute Gasteiger partial charge is 0.259 e. The first-order chi connectivity index (χ1) is 11.7. The first kappa shape index (κ1) is 18.7. The molecular formula is C19H26N4O2. The fourth-order valence-electron chi connectivity index (χ4n) is 2.81. The minimum Gasteiger partial charge on any atom is -0.350 e. The zero-order valence-corrected chi connectivity index (χ0v) is 15.7. The fourth-order valence-corrected chi connectivity index (χ4v) is 2.81. The van der Waals surface area contributed by atoms with Crippen LogP contribution in [0.3, 0.4) is 0 Å². The van der Waals surface area contributed by atoms with Crippen LogP contribution in [0.4, 0.5) is 5.69 Å². The number of amides is 2. The van der Waals surface area contributed by atoms with Gasteiger partial charge >= 0.3 is 0 Å². The molecule has 2 N–H and O–H groups in total. The van der Waals surface area contributed by atoms with E-state index in [4.69, 9.17) is 0 Å². The SMILES string of the molecule is CCn1nc(C)c(C(=O)Nc2ccc(C(=O)NC(C)C)cc2C)c1C. The summed E-state index contributed by atoms with van der Waals surface area (Å²) in [4.78, 5) is 24.7. The second kappa shape index (κ2) is 7.51. The molecule has 1 aromatic carbocycles. The summed E-state index contributed by atoms with van der Waals surface area (Å²) >= 11 is 0. The summed E-state index contributed by atoms with van der Waals surface area (Å²) in [5, 5.41) is 10.2. The molecule has 0 unspecified atom stereocenters. The normalized spacial score (nSPS) is 10.8. The molecule has 0 fully saturated rings. The molecule has 6 nitrogen and oxygen atoms in total. The summed E-state index contributed by atoms with van der Waals surface area (Å²) in [6, 6.07) is 5.34. The molecule has 1 aromatic heterocycles. The summed E-state index contributed by atoms with van der Waals surface area (Å²) < 4.78 is 1.82. The zero-order valence-electron chi connectivity index (χ0n) is 15.7. The van der Waals surface area contributed by atoms with Crippen LogP contribution in [0.5, 0.6) is 0 Å². The second-order valence-electron chi connectivity index (χ2n) is 6.47. The molecule has 0 aliphatic carbocycles. The summed E-state index contributed by atoms with van der Waals surface area (Å²) in [6.45, 7) is 12.1. The number of nitrogens with one attached hydrogen (secondary N) is 2. The van der Waals surface area contributed by atoms with E-state index < -0.39 is 0 Å². The maximum atomic E-state index is 12.7. The van der Waals surface area contributed by atoms with E-state index in [0.717, 1.165) is 17.8 Å². The van der Waals surface area contributed by atoms with Crippen LogP contribution in [0.2, 0.25) is 0 Å². The summed E-state index contributed by atoms with van der Waals surface area (Å²) in [6.07, 6.45) is 0. The first-order valence-electron chi connectivity index (χ1n) is 8.51. The topological polar surface area (TPSA) is 76.0 Å². The lowest BCUT2D eigenvalue weighted by Gasteiger charge is -2.12. The van der Waals surface area contributed by atoms with Gasteiger partial charge in [-0.15, -0.1) is 0 Å². The lowest BCUT2D eigenvalue weighted by Crippen LogP contribution is -2.30. The molecule has 134 valence electrons. The third-order valence-electron chi connectivity index (χ3n) is 4.06. The quantitative estimate of drug-likeness (QED) is 0.876. The number of carbonyl (C=O) groups is 2. The number of carbonyl (C=O) groups excluding carboxylic acids is 2. The highest BCUT2D eigenvalue weighted by Gasteiger charge is 2.19. The van der Waals surface area contributed by atoms with Gasteiger partial charge in [-0.3, -0.25) is 14.3 Å². The lowest BCUT2D eigenvalue weighted by molar-refractivity contribution is 0.0942. The molecule has 0 saturated heterocycles. The molecule has 0 spiro atoms. The highest BCUT2D eigenvalue weighted by atomic mass is 16.2. The van der Waals surface area contributed by atoms with E-state index in [0.29, 0.717) is 22.5 Å². The first-order valence-corrected chi connectivity index (χ1v) is 8.51. The number of hydrogen-bond acceptors (Lipinski definition) is 3. The van der Waals surface area contributed by atoms with Gasteiger partial charge in [0, 0.05) is 29.5 Å². The summed E-state index contributed by atoms with van der Waals surface area (Å²) in [7, 11) is 0. The van der Waals surface area contributed by atoms with Crippen LogP contribution >= 0.6 is 0 Å². The van der Waals surface area contributed by atoms with Crippen molar-refractivity contribution in [3.05, 3.63) is 46.3 Å². The minimum absolute atomic E-state index is 0.0771. The third kappa shape index (κ3) is 4.07. The van der Waals surface area contributed by atoms with Crippen LogP contribution in [-0.4, -0.2) is 27.6 Å². The Bertz CT molecular complexity index is 806. The van der Waals surface area contributed by atoms with Gasteiger partial charge < -0.3 is 10.6 Å². The van der Waals surface area contributed by atoms with Gasteiger partial charge in [0.15, 0.2) is 0 Å². The molecule has 25 heavy (non-hydrogen) atoms. The molecule has 0 radical (unpaired) electrons. The third-order valence-corrected chi connectivity index (χ3v) is 4.06. The number of benzene rings is 1. The largest absolute Gasteiger partial charge is 0.350 e. The highest BCUT2D eigenvalue weighted by molar-refractivity contribution is 6.06. The standard InChI is InChI=1S/C19H26N4O2/c1-7-23-14(6)17(13(5)22-23)19(25)21-16-9-8-15(10-12(16)4)18(24)20-11(2)3/h8-11H,7H2,1-6H3,(H,20,24)(H,21,25). The number of hydrogen-bond donors (Lipinski definition) is 2. The molecule has 0 saturated carbocycles. The van der Waals surface area contributed by atoms with Crippen molar-refractivity contribution in [1.82, 2.24) is 15.1 Å². The van der Waals surface area contributed by atoms with Crippen molar-refractivity contribution in [2.75, 3.05) is 5.32 Å². The molecular weight excluding hydrogens is 316 g/mol. The molecule has 0 aliphatic rings. The van der Waals surface area contributed by atoms with Crippen LogP contribution in [0.1, 0.15) is 58.4 Å². The number of rotatable bonds is 5. The zero-order chi connectivity index (χ0) is 18.7. The van der Waals surface area contributed by atoms with E-state index in [-0.39, 0.29) is 17.9 Å². The Balaban J connectivity index is 2.22. The Hall–Kier alpha value is -2.63. The Kier molecular flexibility index (Phi) is 5.62. The van der Waals surface area contributed by atoms with Crippen LogP contribution < -0.4 is 10.6 Å². The monoisotopic (exact) mass is 342 g/mol. The maximum absolute atomic E-state index is 12.7. The van der Waals surface area contributed by atoms with E-state index in [1.165, 1.54) is 0 Å². The van der Waals surface area contributed by atoms with E-state index in [1.807, 2.05) is 46.2 Å². The van der Waals surface area contributed by atoms with Crippen LogP contribution in [0.15, 0.2) is 18.2 Å². The van der Waals surface area contributed by atoms with Crippen molar-refractivity contribution in [2.45, 2.75) is 54.1 Å². The van der Waals surface area contributed by atoms with E-state index >= 15 is 0 Å². The van der Waals surface area contributed by atoms with Gasteiger partial charge in [0.2, 0.25) is 0 Å². The van der Waals surface area contributed by atoms with Crippen molar-refractivity contribution >= 4 is 17.5 Å². The average Bonchev–Trinajstić information content (AvgIpc) is 2.82. The van der Waals surface area contributed by atoms with Crippen molar-refractivity contribution in [2.24, 2.45) is 0 Å². The predicted molar refractivity (Wildman–Crippen MR) is 99.1 cm³/mol. The van der Waals surface area contributed by atoms with E-state index in [2.05, 4.69) is 15.7 Å². The molecule has 6 heteroatoms. The summed E-state index contributed by atoms with van der Waals surface area (Å²) in [5.41, 5.74) is 4.26. The maximum Gasteiger partial charge on any atom is 0.259 e. The fraction of sp³-hybridized carbons (Fsp3) is 0.421. The van der Waals surface area contributed by atoms with Crippen molar-refractivity contribution in [1.29, 1.82) is 0 Å². The van der Waals surface area contributed by atoms with Gasteiger partial charge in [-0.05, 0) is 65.3 Å². The van der Waals surface area contributed by atoms with Crippen molar-refractivity contribution < 1.29 is 9.59 Å². The number of aryl methyl sites for hydroxylation is 3. The van der Waals surface area contributed by atoms with Gasteiger partial charge in [-0.1, -0.05) is 0 Å². The number of aromatic nitrogens is 2. The Labute approximate surface area is 148 Å². The molecule has 2 aromatic rings. The van der Waals surface area contributed by atoms with Gasteiger partial charge in [-0.2, -0.15) is 5.10 Å². The Morgan fingerprint density at radius 2 is 1.84 bits per heavy atom. The van der Waals surface area contributed by atoms with Crippen molar-refractivity contribution in [3.8, 4) is 0 Å². The van der Waals surface area contributed by atoms with Gasteiger partial charge in [0.05, 0.1) is 11.3 Å². The van der Waals surface area contributed by atoms with Crippen LogP contribution in [-0.2, 0) is 6.54 Å². The van der Waals surface area contributed by atoms with Gasteiger partial charge in [-0.25, -0.2) is 0 Å². The van der Waals surface area contributed by atoms with Crippen molar-refractivity contribution in [3.63, 3.8) is 0 Å². The van der Waals surface area contributed by atoms with Gasteiger partial charge in [0.1, 0.15) is 0 Å². The molecule has 2 rings (SSSR count). The Morgan fingerprint density at radius 1 is 1.16 bits per heavy atom. The molecule has 0 aliphatic heterocycles. The van der Waals surface area contributed by atoms with E-state index in [9.17, 15) is 9.59 Å². The summed E-state index contributed by atoms with van der Waals surface area (Å²) in [5.74, 6) is -0.302. The molecule has 1 heterocycles. The second-order valence-corrected chi connectivity index (χ2v) is 6.47. The molecule has 0 bridgehead atoms. The molecule has 2 amide bonds. The van der Waals surface area contributed by atoms with Gasteiger partial charge in [0.25, 0.3) is 11.8 Å². The number of anilines is 1.